The second-order valence-electron chi connectivity index (χ2n) is 6.27. The largest absolute Gasteiger partial charge is 0.366 e. The molecular weight excluding hydrogens is 310 g/mol. The quantitative estimate of drug-likeness (QED) is 0.599. The van der Waals surface area contributed by atoms with Gasteiger partial charge in [0.15, 0.2) is 5.82 Å². The minimum absolute atomic E-state index is 0.378. The van der Waals surface area contributed by atoms with E-state index in [-0.39, 0.29) is 0 Å². The maximum absolute atomic E-state index is 4.78. The highest BCUT2D eigenvalue weighted by molar-refractivity contribution is 5.82. The van der Waals surface area contributed by atoms with Crippen LogP contribution in [0.15, 0.2) is 54.6 Å². The van der Waals surface area contributed by atoms with Crippen LogP contribution in [0, 0.1) is 0 Å². The van der Waals surface area contributed by atoms with Crippen LogP contribution in [-0.2, 0) is 6.42 Å². The van der Waals surface area contributed by atoms with Gasteiger partial charge >= 0.3 is 0 Å². The van der Waals surface area contributed by atoms with E-state index >= 15 is 0 Å². The smallest absolute Gasteiger partial charge is 0.204 e. The van der Waals surface area contributed by atoms with E-state index in [0.717, 1.165) is 41.3 Å². The number of hydrogen-bond donors (Lipinski definition) is 1. The van der Waals surface area contributed by atoms with Crippen LogP contribution < -0.4 is 5.32 Å². The Bertz CT molecular complexity index is 1010. The van der Waals surface area contributed by atoms with Gasteiger partial charge in [0.05, 0.1) is 11.0 Å². The van der Waals surface area contributed by atoms with Crippen molar-refractivity contribution in [1.82, 2.24) is 19.6 Å². The number of para-hydroxylation sites is 2. The molecule has 0 spiro atoms. The summed E-state index contributed by atoms with van der Waals surface area (Å²) in [5.74, 6) is 2.12. The molecule has 1 unspecified atom stereocenters. The van der Waals surface area contributed by atoms with Crippen LogP contribution in [0.25, 0.3) is 16.7 Å². The van der Waals surface area contributed by atoms with Gasteiger partial charge in [-0.1, -0.05) is 56.3 Å². The van der Waals surface area contributed by atoms with Gasteiger partial charge < -0.3 is 5.32 Å². The van der Waals surface area contributed by atoms with Crippen LogP contribution in [0.4, 0.5) is 5.82 Å². The van der Waals surface area contributed by atoms with Gasteiger partial charge in [-0.05, 0) is 23.6 Å². The lowest BCUT2D eigenvalue weighted by molar-refractivity contribution is 0.802. The molecule has 1 atom stereocenters. The first-order chi connectivity index (χ1) is 12.3. The van der Waals surface area contributed by atoms with Crippen molar-refractivity contribution in [2.45, 2.75) is 26.2 Å². The maximum Gasteiger partial charge on any atom is 0.204 e. The Morgan fingerprint density at radius 2 is 1.76 bits per heavy atom. The standard InChI is InChI=1S/C20H21N5/c1-3-18-23-24-20-19(21-13-14(2)15-9-5-4-6-10-15)22-16-11-7-8-12-17(16)25(18)20/h4-12,14H,3,13H2,1-2H3,(H,21,22). The van der Waals surface area contributed by atoms with Crippen molar-refractivity contribution in [3.63, 3.8) is 0 Å². The van der Waals surface area contributed by atoms with Gasteiger partial charge in [0, 0.05) is 13.0 Å². The summed E-state index contributed by atoms with van der Waals surface area (Å²) >= 11 is 0. The Kier molecular flexibility index (Phi) is 4.06. The van der Waals surface area contributed by atoms with E-state index in [2.05, 4.69) is 64.1 Å². The third-order valence-corrected chi connectivity index (χ3v) is 4.56. The van der Waals surface area contributed by atoms with Gasteiger partial charge in [-0.3, -0.25) is 4.40 Å². The van der Waals surface area contributed by atoms with Gasteiger partial charge in [0.2, 0.25) is 5.65 Å². The molecule has 0 aliphatic carbocycles. The summed E-state index contributed by atoms with van der Waals surface area (Å²) in [5, 5.41) is 12.2. The first-order valence-electron chi connectivity index (χ1n) is 8.69. The molecule has 4 rings (SSSR count). The molecule has 4 aromatic rings. The van der Waals surface area contributed by atoms with E-state index in [1.54, 1.807) is 0 Å². The minimum Gasteiger partial charge on any atom is -0.366 e. The number of anilines is 1. The molecule has 0 fully saturated rings. The topological polar surface area (TPSA) is 55.1 Å². The molecule has 5 heteroatoms. The summed E-state index contributed by atoms with van der Waals surface area (Å²) < 4.78 is 2.11. The lowest BCUT2D eigenvalue weighted by atomic mass is 10.0. The van der Waals surface area contributed by atoms with Crippen molar-refractivity contribution in [2.75, 3.05) is 11.9 Å². The van der Waals surface area contributed by atoms with Crippen molar-refractivity contribution >= 4 is 22.5 Å². The zero-order valence-corrected chi connectivity index (χ0v) is 14.5. The number of fused-ring (bicyclic) bond motifs is 3. The maximum atomic E-state index is 4.78. The molecule has 0 radical (unpaired) electrons. The molecule has 0 saturated heterocycles. The molecule has 5 nitrogen and oxygen atoms in total. The Hall–Kier alpha value is -2.95. The molecule has 126 valence electrons. The zero-order valence-electron chi connectivity index (χ0n) is 14.5. The van der Waals surface area contributed by atoms with E-state index < -0.39 is 0 Å². The van der Waals surface area contributed by atoms with Crippen molar-refractivity contribution < 1.29 is 0 Å². The lowest BCUT2D eigenvalue weighted by Crippen LogP contribution is -2.12. The summed E-state index contributed by atoms with van der Waals surface area (Å²) in [5.41, 5.74) is 4.08. The summed E-state index contributed by atoms with van der Waals surface area (Å²) in [6.45, 7) is 5.09. The van der Waals surface area contributed by atoms with Gasteiger partial charge in [0.25, 0.3) is 0 Å². The highest BCUT2D eigenvalue weighted by atomic mass is 15.3. The third-order valence-electron chi connectivity index (χ3n) is 4.56. The molecule has 0 aliphatic heterocycles. The number of hydrogen-bond acceptors (Lipinski definition) is 4. The highest BCUT2D eigenvalue weighted by Crippen LogP contribution is 2.23. The Labute approximate surface area is 146 Å². The van der Waals surface area contributed by atoms with Crippen LogP contribution >= 0.6 is 0 Å². The minimum atomic E-state index is 0.378. The number of aryl methyl sites for hydroxylation is 1. The number of nitrogens with zero attached hydrogens (tertiary/aromatic N) is 4. The molecule has 2 aromatic carbocycles. The van der Waals surface area contributed by atoms with Gasteiger partial charge in [-0.25, -0.2) is 4.98 Å². The van der Waals surface area contributed by atoms with Crippen LogP contribution in [0.2, 0.25) is 0 Å². The Morgan fingerprint density at radius 3 is 2.56 bits per heavy atom. The average molecular weight is 331 g/mol. The first kappa shape index (κ1) is 15.6. The van der Waals surface area contributed by atoms with Crippen molar-refractivity contribution in [2.24, 2.45) is 0 Å². The summed E-state index contributed by atoms with van der Waals surface area (Å²) in [6.07, 6.45) is 0.828. The van der Waals surface area contributed by atoms with Gasteiger partial charge in [-0.15, -0.1) is 10.2 Å². The average Bonchev–Trinajstić information content (AvgIpc) is 3.11. The summed E-state index contributed by atoms with van der Waals surface area (Å²) in [4.78, 5) is 4.78. The predicted octanol–water partition coefficient (Wildman–Crippen LogP) is 4.06. The van der Waals surface area contributed by atoms with Gasteiger partial charge in [0.1, 0.15) is 5.82 Å². The predicted molar refractivity (Wildman–Crippen MR) is 101 cm³/mol. The SMILES string of the molecule is CCc1nnc2c(NCC(C)c3ccccc3)nc3ccccc3n12. The number of benzene rings is 2. The van der Waals surface area contributed by atoms with E-state index in [0.29, 0.717) is 5.92 Å². The van der Waals surface area contributed by atoms with Crippen LogP contribution in [-0.4, -0.2) is 26.1 Å². The normalized spacial score (nSPS) is 12.6. The van der Waals surface area contributed by atoms with Crippen molar-refractivity contribution in [1.29, 1.82) is 0 Å². The molecule has 0 aliphatic rings. The first-order valence-corrected chi connectivity index (χ1v) is 8.69. The molecule has 2 aromatic heterocycles. The molecule has 0 bridgehead atoms. The molecule has 2 heterocycles. The fraction of sp³-hybridized carbons (Fsp3) is 0.250. The van der Waals surface area contributed by atoms with E-state index in [9.17, 15) is 0 Å². The van der Waals surface area contributed by atoms with E-state index in [1.165, 1.54) is 5.56 Å². The number of rotatable bonds is 5. The highest BCUT2D eigenvalue weighted by Gasteiger charge is 2.14. The lowest BCUT2D eigenvalue weighted by Gasteiger charge is -2.14. The molecule has 1 N–H and O–H groups in total. The van der Waals surface area contributed by atoms with Crippen molar-refractivity contribution in [3.05, 3.63) is 66.0 Å². The van der Waals surface area contributed by atoms with Crippen LogP contribution in [0.5, 0.6) is 0 Å². The zero-order chi connectivity index (χ0) is 17.2. The molecule has 25 heavy (non-hydrogen) atoms. The fourth-order valence-electron chi connectivity index (χ4n) is 3.14. The third kappa shape index (κ3) is 2.82. The van der Waals surface area contributed by atoms with E-state index in [4.69, 9.17) is 4.98 Å². The second kappa shape index (κ2) is 6.51. The molecule has 0 saturated carbocycles. The summed E-state index contributed by atoms with van der Waals surface area (Å²) in [7, 11) is 0. The van der Waals surface area contributed by atoms with Crippen LogP contribution in [0.1, 0.15) is 31.2 Å². The monoisotopic (exact) mass is 331 g/mol. The van der Waals surface area contributed by atoms with Gasteiger partial charge in [-0.2, -0.15) is 0 Å². The van der Waals surface area contributed by atoms with E-state index in [1.807, 2.05) is 24.3 Å². The van der Waals surface area contributed by atoms with Crippen molar-refractivity contribution in [3.8, 4) is 0 Å². The molecule has 0 amide bonds. The Morgan fingerprint density at radius 1 is 1.00 bits per heavy atom. The van der Waals surface area contributed by atoms with Crippen LogP contribution in [0.3, 0.4) is 0 Å². The second-order valence-corrected chi connectivity index (χ2v) is 6.27. The molecular formula is C20H21N5. The number of aromatic nitrogens is 4. The fourth-order valence-corrected chi connectivity index (χ4v) is 3.14. The summed E-state index contributed by atoms with van der Waals surface area (Å²) in [6, 6.07) is 18.6. The Balaban J connectivity index is 1.72. The number of nitrogens with one attached hydrogen (secondary N) is 1.